The van der Waals surface area contributed by atoms with Gasteiger partial charge < -0.3 is 9.64 Å². The fraction of sp³-hybridized carbons (Fsp3) is 0.182. The summed E-state index contributed by atoms with van der Waals surface area (Å²) in [7, 11) is 0. The molecule has 0 spiro atoms. The number of ether oxygens (including phenoxy) is 1. The van der Waals surface area contributed by atoms with Gasteiger partial charge in [0.1, 0.15) is 0 Å². The van der Waals surface area contributed by atoms with E-state index in [1.54, 1.807) is 54.6 Å². The summed E-state index contributed by atoms with van der Waals surface area (Å²) in [5.74, 6) is -1.93. The van der Waals surface area contributed by atoms with E-state index in [9.17, 15) is 19.2 Å². The lowest BCUT2D eigenvalue weighted by Gasteiger charge is -2.21. The standard InChI is InChI=1S/C22H20N2O5/c1-2-13-23(16-8-4-3-5-9-16)19(25)15-29-20(26)12-14-24-21(27)17-10-6-7-11-18(17)22(24)28/h2-11H,1,12-15H2. The Morgan fingerprint density at radius 2 is 1.55 bits per heavy atom. The number of nitrogens with zero attached hydrogens (tertiary/aromatic N) is 2. The number of anilines is 1. The Hall–Kier alpha value is -3.74. The molecule has 0 aromatic heterocycles. The summed E-state index contributed by atoms with van der Waals surface area (Å²) in [6.45, 7) is 3.37. The Morgan fingerprint density at radius 1 is 0.966 bits per heavy atom. The van der Waals surface area contributed by atoms with Crippen LogP contribution in [0, 0.1) is 0 Å². The van der Waals surface area contributed by atoms with Crippen LogP contribution < -0.4 is 4.90 Å². The number of imide groups is 1. The zero-order chi connectivity index (χ0) is 20.8. The van der Waals surface area contributed by atoms with Crippen molar-refractivity contribution in [1.82, 2.24) is 4.90 Å². The molecule has 1 aliphatic heterocycles. The Kier molecular flexibility index (Phi) is 6.19. The highest BCUT2D eigenvalue weighted by molar-refractivity contribution is 6.21. The highest BCUT2D eigenvalue weighted by Gasteiger charge is 2.35. The summed E-state index contributed by atoms with van der Waals surface area (Å²) in [6, 6.07) is 15.5. The van der Waals surface area contributed by atoms with E-state index >= 15 is 0 Å². The Balaban J connectivity index is 1.52. The van der Waals surface area contributed by atoms with Crippen molar-refractivity contribution in [2.24, 2.45) is 0 Å². The van der Waals surface area contributed by atoms with Crippen LogP contribution >= 0.6 is 0 Å². The lowest BCUT2D eigenvalue weighted by molar-refractivity contribution is -0.147. The van der Waals surface area contributed by atoms with E-state index in [-0.39, 0.29) is 19.5 Å². The molecule has 0 saturated carbocycles. The fourth-order valence-electron chi connectivity index (χ4n) is 3.03. The molecule has 148 valence electrons. The second kappa shape index (κ2) is 8.97. The van der Waals surface area contributed by atoms with Crippen LogP contribution in [0.3, 0.4) is 0 Å². The van der Waals surface area contributed by atoms with Gasteiger partial charge >= 0.3 is 5.97 Å². The normalized spacial score (nSPS) is 12.5. The molecule has 0 bridgehead atoms. The fourth-order valence-corrected chi connectivity index (χ4v) is 3.03. The maximum atomic E-state index is 12.4. The SMILES string of the molecule is C=CCN(C(=O)COC(=O)CCN1C(=O)c2ccccc2C1=O)c1ccccc1. The van der Waals surface area contributed by atoms with Crippen LogP contribution in [-0.4, -0.2) is 48.3 Å². The van der Waals surface area contributed by atoms with Gasteiger partial charge in [0.2, 0.25) is 0 Å². The minimum absolute atomic E-state index is 0.103. The van der Waals surface area contributed by atoms with Gasteiger partial charge in [-0.3, -0.25) is 24.1 Å². The van der Waals surface area contributed by atoms with Gasteiger partial charge in [-0.1, -0.05) is 36.4 Å². The number of hydrogen-bond donors (Lipinski definition) is 0. The number of benzene rings is 2. The first-order valence-electron chi connectivity index (χ1n) is 9.10. The van der Waals surface area contributed by atoms with Gasteiger partial charge in [0.15, 0.2) is 6.61 Å². The molecule has 3 rings (SSSR count). The number of esters is 1. The molecule has 7 nitrogen and oxygen atoms in total. The summed E-state index contributed by atoms with van der Waals surface area (Å²) in [6.07, 6.45) is 1.39. The number of carbonyl (C=O) groups is 4. The van der Waals surface area contributed by atoms with Gasteiger partial charge in [-0.05, 0) is 24.3 Å². The predicted octanol–water partition coefficient (Wildman–Crippen LogP) is 2.44. The van der Waals surface area contributed by atoms with Gasteiger partial charge in [-0.2, -0.15) is 0 Å². The second-order valence-electron chi connectivity index (χ2n) is 6.35. The van der Waals surface area contributed by atoms with Crippen molar-refractivity contribution in [2.45, 2.75) is 6.42 Å². The highest BCUT2D eigenvalue weighted by atomic mass is 16.5. The molecule has 2 aromatic rings. The third-order valence-electron chi connectivity index (χ3n) is 4.45. The molecule has 3 amide bonds. The van der Waals surface area contributed by atoms with Gasteiger partial charge in [0.25, 0.3) is 17.7 Å². The smallest absolute Gasteiger partial charge is 0.308 e. The van der Waals surface area contributed by atoms with E-state index in [1.165, 1.54) is 4.90 Å². The lowest BCUT2D eigenvalue weighted by atomic mass is 10.1. The van der Waals surface area contributed by atoms with E-state index in [1.807, 2.05) is 6.07 Å². The summed E-state index contributed by atoms with van der Waals surface area (Å²) >= 11 is 0. The lowest BCUT2D eigenvalue weighted by Crippen LogP contribution is -2.36. The first-order chi connectivity index (χ1) is 14.0. The predicted molar refractivity (Wildman–Crippen MR) is 106 cm³/mol. The van der Waals surface area contributed by atoms with Gasteiger partial charge in [-0.15, -0.1) is 6.58 Å². The first-order valence-corrected chi connectivity index (χ1v) is 9.10. The van der Waals surface area contributed by atoms with E-state index in [2.05, 4.69) is 6.58 Å². The van der Waals surface area contributed by atoms with Crippen molar-refractivity contribution in [3.63, 3.8) is 0 Å². The monoisotopic (exact) mass is 392 g/mol. The Labute approximate surface area is 168 Å². The molecular formula is C22H20N2O5. The summed E-state index contributed by atoms with van der Waals surface area (Å²) in [5, 5.41) is 0. The minimum atomic E-state index is -0.665. The Morgan fingerprint density at radius 3 is 2.14 bits per heavy atom. The summed E-state index contributed by atoms with van der Waals surface area (Å²) in [5.41, 5.74) is 1.31. The van der Waals surface area contributed by atoms with Gasteiger partial charge in [0, 0.05) is 18.8 Å². The van der Waals surface area contributed by atoms with Gasteiger partial charge in [0.05, 0.1) is 17.5 Å². The van der Waals surface area contributed by atoms with Gasteiger partial charge in [-0.25, -0.2) is 0 Å². The van der Waals surface area contributed by atoms with Crippen molar-refractivity contribution < 1.29 is 23.9 Å². The van der Waals surface area contributed by atoms with Crippen LogP contribution in [0.5, 0.6) is 0 Å². The third-order valence-corrected chi connectivity index (χ3v) is 4.45. The number of para-hydroxylation sites is 1. The van der Waals surface area contributed by atoms with Crippen LogP contribution in [-0.2, 0) is 14.3 Å². The molecule has 1 heterocycles. The van der Waals surface area contributed by atoms with Crippen molar-refractivity contribution in [3.05, 3.63) is 78.4 Å². The van der Waals surface area contributed by atoms with E-state index in [4.69, 9.17) is 4.74 Å². The average Bonchev–Trinajstić information content (AvgIpc) is 2.99. The molecule has 0 N–H and O–H groups in total. The number of amides is 3. The Bertz CT molecular complexity index is 920. The van der Waals surface area contributed by atoms with E-state index < -0.39 is 30.3 Å². The first kappa shape index (κ1) is 20.0. The quantitative estimate of drug-likeness (QED) is 0.391. The minimum Gasteiger partial charge on any atom is -0.455 e. The topological polar surface area (TPSA) is 84.0 Å². The van der Waals surface area contributed by atoms with E-state index in [0.29, 0.717) is 16.8 Å². The van der Waals surface area contributed by atoms with Crippen molar-refractivity contribution >= 4 is 29.4 Å². The summed E-state index contributed by atoms with van der Waals surface area (Å²) < 4.78 is 5.05. The molecule has 0 atom stereocenters. The zero-order valence-corrected chi connectivity index (χ0v) is 15.7. The van der Waals surface area contributed by atoms with Crippen LogP contribution in [0.4, 0.5) is 5.69 Å². The molecule has 0 saturated heterocycles. The van der Waals surface area contributed by atoms with Crippen LogP contribution in [0.2, 0.25) is 0 Å². The maximum Gasteiger partial charge on any atom is 0.308 e. The van der Waals surface area contributed by atoms with E-state index in [0.717, 1.165) is 4.90 Å². The summed E-state index contributed by atoms with van der Waals surface area (Å²) in [4.78, 5) is 51.5. The molecule has 0 fully saturated rings. The molecule has 0 radical (unpaired) electrons. The van der Waals surface area contributed by atoms with Crippen LogP contribution in [0.25, 0.3) is 0 Å². The second-order valence-corrected chi connectivity index (χ2v) is 6.35. The average molecular weight is 392 g/mol. The highest BCUT2D eigenvalue weighted by Crippen LogP contribution is 2.22. The largest absolute Gasteiger partial charge is 0.455 e. The van der Waals surface area contributed by atoms with Crippen molar-refractivity contribution in [1.29, 1.82) is 0 Å². The molecule has 29 heavy (non-hydrogen) atoms. The van der Waals surface area contributed by atoms with Crippen molar-refractivity contribution in [3.8, 4) is 0 Å². The van der Waals surface area contributed by atoms with Crippen LogP contribution in [0.1, 0.15) is 27.1 Å². The number of carbonyl (C=O) groups excluding carboxylic acids is 4. The molecular weight excluding hydrogens is 372 g/mol. The number of fused-ring (bicyclic) bond motifs is 1. The number of rotatable bonds is 8. The number of hydrogen-bond acceptors (Lipinski definition) is 5. The van der Waals surface area contributed by atoms with Crippen LogP contribution in [0.15, 0.2) is 67.3 Å². The molecule has 7 heteroatoms. The zero-order valence-electron chi connectivity index (χ0n) is 15.7. The maximum absolute atomic E-state index is 12.4. The molecule has 0 aliphatic carbocycles. The van der Waals surface area contributed by atoms with Crippen molar-refractivity contribution in [2.75, 3.05) is 24.6 Å². The molecule has 1 aliphatic rings. The molecule has 0 unspecified atom stereocenters. The molecule has 2 aromatic carbocycles. The third kappa shape index (κ3) is 4.40.